The van der Waals surface area contributed by atoms with E-state index < -0.39 is 0 Å². The van der Waals surface area contributed by atoms with E-state index in [0.717, 1.165) is 5.56 Å². The molecule has 88 valence electrons. The van der Waals surface area contributed by atoms with Crippen LogP contribution in [-0.4, -0.2) is 10.2 Å². The van der Waals surface area contributed by atoms with Crippen molar-refractivity contribution in [1.29, 1.82) is 0 Å². The molecule has 0 aliphatic carbocycles. The molecule has 0 radical (unpaired) electrons. The highest BCUT2D eigenvalue weighted by Gasteiger charge is 2.02. The second kappa shape index (κ2) is 5.10. The third-order valence-electron chi connectivity index (χ3n) is 2.20. The van der Waals surface area contributed by atoms with E-state index >= 15 is 0 Å². The van der Waals surface area contributed by atoms with Crippen molar-refractivity contribution in [3.63, 3.8) is 0 Å². The second-order valence-corrected chi connectivity index (χ2v) is 3.93. The summed E-state index contributed by atoms with van der Waals surface area (Å²) in [4.78, 5) is 0. The highest BCUT2D eigenvalue weighted by molar-refractivity contribution is 6.29. The van der Waals surface area contributed by atoms with Gasteiger partial charge in [0.1, 0.15) is 23.9 Å². The van der Waals surface area contributed by atoms with Crippen LogP contribution in [0, 0.1) is 12.7 Å². The fourth-order valence-electron chi connectivity index (χ4n) is 1.35. The molecule has 0 unspecified atom stereocenters. The van der Waals surface area contributed by atoms with Gasteiger partial charge in [0.15, 0.2) is 5.15 Å². The van der Waals surface area contributed by atoms with Crippen LogP contribution in [0.1, 0.15) is 11.3 Å². The lowest BCUT2D eigenvalue weighted by atomic mass is 10.2. The first kappa shape index (κ1) is 11.8. The van der Waals surface area contributed by atoms with Crippen molar-refractivity contribution >= 4 is 11.6 Å². The summed E-state index contributed by atoms with van der Waals surface area (Å²) in [6, 6.07) is 7.74. The summed E-state index contributed by atoms with van der Waals surface area (Å²) in [6.07, 6.45) is 0. The third-order valence-corrected chi connectivity index (χ3v) is 2.40. The van der Waals surface area contributed by atoms with Gasteiger partial charge < -0.3 is 4.74 Å². The standard InChI is InChI=1S/C12H10ClFN2O/c1-8-6-9(14)2-4-11(8)17-7-10-3-5-12(13)16-15-10/h2-6H,7H2,1H3. The maximum absolute atomic E-state index is 12.9. The molecular formula is C12H10ClFN2O. The molecule has 0 N–H and O–H groups in total. The number of rotatable bonds is 3. The van der Waals surface area contributed by atoms with Gasteiger partial charge in [0.2, 0.25) is 0 Å². The molecule has 0 atom stereocenters. The van der Waals surface area contributed by atoms with Crippen molar-refractivity contribution in [3.8, 4) is 5.75 Å². The van der Waals surface area contributed by atoms with Crippen LogP contribution in [0.4, 0.5) is 4.39 Å². The minimum absolute atomic E-state index is 0.274. The van der Waals surface area contributed by atoms with Crippen LogP contribution in [0.2, 0.25) is 5.15 Å². The first-order chi connectivity index (χ1) is 8.15. The summed E-state index contributed by atoms with van der Waals surface area (Å²) in [5, 5.41) is 7.90. The second-order valence-electron chi connectivity index (χ2n) is 3.55. The van der Waals surface area contributed by atoms with Crippen molar-refractivity contribution < 1.29 is 9.13 Å². The van der Waals surface area contributed by atoms with Crippen molar-refractivity contribution in [3.05, 3.63) is 52.6 Å². The summed E-state index contributed by atoms with van der Waals surface area (Å²) in [6.45, 7) is 2.06. The van der Waals surface area contributed by atoms with Crippen molar-refractivity contribution in [2.75, 3.05) is 0 Å². The van der Waals surface area contributed by atoms with Crippen LogP contribution in [0.25, 0.3) is 0 Å². The molecule has 0 bridgehead atoms. The zero-order valence-corrected chi connectivity index (χ0v) is 9.91. The Bertz CT molecular complexity index is 516. The normalized spacial score (nSPS) is 10.3. The van der Waals surface area contributed by atoms with E-state index in [2.05, 4.69) is 10.2 Å². The monoisotopic (exact) mass is 252 g/mol. The van der Waals surface area contributed by atoms with Gasteiger partial charge in [-0.2, -0.15) is 5.10 Å². The molecule has 0 saturated heterocycles. The van der Waals surface area contributed by atoms with Gasteiger partial charge in [-0.3, -0.25) is 0 Å². The van der Waals surface area contributed by atoms with E-state index in [1.54, 1.807) is 25.1 Å². The number of nitrogens with zero attached hydrogens (tertiary/aromatic N) is 2. The number of ether oxygens (including phenoxy) is 1. The maximum Gasteiger partial charge on any atom is 0.151 e. The molecule has 2 aromatic rings. The number of hydrogen-bond acceptors (Lipinski definition) is 3. The summed E-state index contributed by atoms with van der Waals surface area (Å²) < 4.78 is 18.4. The Hall–Kier alpha value is -1.68. The van der Waals surface area contributed by atoms with Crippen molar-refractivity contribution in [1.82, 2.24) is 10.2 Å². The fraction of sp³-hybridized carbons (Fsp3) is 0.167. The van der Waals surface area contributed by atoms with Crippen molar-refractivity contribution in [2.45, 2.75) is 13.5 Å². The molecule has 1 aromatic carbocycles. The summed E-state index contributed by atoms with van der Waals surface area (Å²) in [7, 11) is 0. The molecule has 2 rings (SSSR count). The SMILES string of the molecule is Cc1cc(F)ccc1OCc1ccc(Cl)nn1. The molecule has 1 aromatic heterocycles. The smallest absolute Gasteiger partial charge is 0.151 e. The average Bonchev–Trinajstić information content (AvgIpc) is 2.30. The molecule has 0 aliphatic heterocycles. The number of halogens is 2. The highest BCUT2D eigenvalue weighted by Crippen LogP contribution is 2.19. The van der Waals surface area contributed by atoms with Crippen LogP contribution in [-0.2, 0) is 6.61 Å². The van der Waals surface area contributed by atoms with Gasteiger partial charge in [-0.25, -0.2) is 4.39 Å². The van der Waals surface area contributed by atoms with E-state index in [-0.39, 0.29) is 12.4 Å². The Labute approximate surface area is 103 Å². The van der Waals surface area contributed by atoms with E-state index in [9.17, 15) is 4.39 Å². The van der Waals surface area contributed by atoms with Gasteiger partial charge in [0.05, 0.1) is 0 Å². The summed E-state index contributed by atoms with van der Waals surface area (Å²) >= 11 is 5.62. The first-order valence-electron chi connectivity index (χ1n) is 5.02. The zero-order valence-electron chi connectivity index (χ0n) is 9.15. The summed E-state index contributed by atoms with van der Waals surface area (Å²) in [5.41, 5.74) is 1.41. The Morgan fingerprint density at radius 1 is 1.24 bits per heavy atom. The summed E-state index contributed by atoms with van der Waals surface area (Å²) in [5.74, 6) is 0.351. The topological polar surface area (TPSA) is 35.0 Å². The molecule has 0 amide bonds. The molecule has 0 saturated carbocycles. The highest BCUT2D eigenvalue weighted by atomic mass is 35.5. The third kappa shape index (κ3) is 3.14. The lowest BCUT2D eigenvalue weighted by molar-refractivity contribution is 0.297. The molecule has 0 fully saturated rings. The zero-order chi connectivity index (χ0) is 12.3. The molecule has 17 heavy (non-hydrogen) atoms. The molecule has 0 spiro atoms. The average molecular weight is 253 g/mol. The Morgan fingerprint density at radius 2 is 2.06 bits per heavy atom. The van der Waals surface area contributed by atoms with Crippen LogP contribution in [0.3, 0.4) is 0 Å². The van der Waals surface area contributed by atoms with E-state index in [0.29, 0.717) is 16.6 Å². The predicted octanol–water partition coefficient (Wildman–Crippen LogP) is 3.16. The minimum atomic E-state index is -0.277. The number of aromatic nitrogens is 2. The predicted molar refractivity (Wildman–Crippen MR) is 62.5 cm³/mol. The molecule has 0 aliphatic rings. The Kier molecular flexibility index (Phi) is 3.54. The van der Waals surface area contributed by atoms with E-state index in [1.165, 1.54) is 12.1 Å². The number of hydrogen-bond donors (Lipinski definition) is 0. The quantitative estimate of drug-likeness (QED) is 0.842. The fourth-order valence-corrected chi connectivity index (χ4v) is 1.45. The Morgan fingerprint density at radius 3 is 2.71 bits per heavy atom. The van der Waals surface area contributed by atoms with Gasteiger partial charge in [-0.1, -0.05) is 11.6 Å². The van der Waals surface area contributed by atoms with Gasteiger partial charge in [-0.05, 0) is 42.8 Å². The van der Waals surface area contributed by atoms with E-state index in [4.69, 9.17) is 16.3 Å². The van der Waals surface area contributed by atoms with E-state index in [1.807, 2.05) is 0 Å². The largest absolute Gasteiger partial charge is 0.487 e. The van der Waals surface area contributed by atoms with Crippen LogP contribution < -0.4 is 4.74 Å². The van der Waals surface area contributed by atoms with Gasteiger partial charge in [0.25, 0.3) is 0 Å². The molecule has 5 heteroatoms. The van der Waals surface area contributed by atoms with Gasteiger partial charge in [-0.15, -0.1) is 5.10 Å². The van der Waals surface area contributed by atoms with Crippen LogP contribution in [0.15, 0.2) is 30.3 Å². The molecule has 1 heterocycles. The lowest BCUT2D eigenvalue weighted by Gasteiger charge is -2.08. The minimum Gasteiger partial charge on any atom is -0.487 e. The van der Waals surface area contributed by atoms with Gasteiger partial charge in [0, 0.05) is 0 Å². The van der Waals surface area contributed by atoms with Gasteiger partial charge >= 0.3 is 0 Å². The molecule has 3 nitrogen and oxygen atoms in total. The Balaban J connectivity index is 2.04. The lowest BCUT2D eigenvalue weighted by Crippen LogP contribution is -2.00. The first-order valence-corrected chi connectivity index (χ1v) is 5.40. The van der Waals surface area contributed by atoms with Crippen molar-refractivity contribution in [2.24, 2.45) is 0 Å². The number of aryl methyl sites for hydroxylation is 1. The number of benzene rings is 1. The molecular weight excluding hydrogens is 243 g/mol. The van der Waals surface area contributed by atoms with Crippen LogP contribution in [0.5, 0.6) is 5.75 Å². The van der Waals surface area contributed by atoms with Crippen LogP contribution >= 0.6 is 11.6 Å². The maximum atomic E-state index is 12.9.